The molecule has 10 heteroatoms. The summed E-state index contributed by atoms with van der Waals surface area (Å²) in [6.45, 7) is 0. The summed E-state index contributed by atoms with van der Waals surface area (Å²) < 4.78 is 54.5. The lowest BCUT2D eigenvalue weighted by Crippen LogP contribution is -2.52. The monoisotopic (exact) mass is 452 g/mol. The minimum Gasteiger partial charge on any atom is -0.336 e. The molecule has 2 atom stereocenters. The normalized spacial score (nSPS) is 16.7. The molecule has 164 valence electrons. The van der Waals surface area contributed by atoms with Gasteiger partial charge in [0, 0.05) is 17.7 Å². The maximum Gasteiger partial charge on any atom is 0.407 e. The molecule has 2 aromatic rings. The molecule has 1 aromatic heterocycles. The Morgan fingerprint density at radius 1 is 1.23 bits per heavy atom. The molecule has 1 aliphatic rings. The zero-order valence-corrected chi connectivity index (χ0v) is 17.1. The van der Waals surface area contributed by atoms with Crippen molar-refractivity contribution >= 4 is 17.7 Å². The number of nitrogens with one attached hydrogen (secondary N) is 2. The Kier molecular flexibility index (Phi) is 7.18. The van der Waals surface area contributed by atoms with Crippen molar-refractivity contribution in [2.24, 2.45) is 0 Å². The van der Waals surface area contributed by atoms with E-state index in [0.29, 0.717) is 18.6 Å². The molecule has 1 amide bonds. The van der Waals surface area contributed by atoms with Gasteiger partial charge in [0.1, 0.15) is 17.4 Å². The van der Waals surface area contributed by atoms with Gasteiger partial charge in [-0.05, 0) is 42.7 Å². The highest BCUT2D eigenvalue weighted by molar-refractivity contribution is 7.98. The van der Waals surface area contributed by atoms with E-state index in [1.54, 1.807) is 24.4 Å². The second kappa shape index (κ2) is 9.66. The minimum absolute atomic E-state index is 0.0255. The number of amides is 1. The number of carbonyl (C=O) groups excluding carboxylic acids is 1. The summed E-state index contributed by atoms with van der Waals surface area (Å²) in [5.74, 6) is -0.904. The van der Waals surface area contributed by atoms with Crippen molar-refractivity contribution in [3.8, 4) is 6.07 Å². The molecule has 1 aromatic carbocycles. The third-order valence-electron chi connectivity index (χ3n) is 4.80. The van der Waals surface area contributed by atoms with Crippen molar-refractivity contribution in [2.75, 3.05) is 5.75 Å². The average Bonchev–Trinajstić information content (AvgIpc) is 3.51. The summed E-state index contributed by atoms with van der Waals surface area (Å²) in [5, 5.41) is 14.2. The maximum atomic E-state index is 13.8. The van der Waals surface area contributed by atoms with Gasteiger partial charge in [-0.15, -0.1) is 0 Å². The van der Waals surface area contributed by atoms with Crippen molar-refractivity contribution in [1.29, 1.82) is 5.26 Å². The Morgan fingerprint density at radius 3 is 2.48 bits per heavy atom. The third kappa shape index (κ3) is 6.42. The van der Waals surface area contributed by atoms with Crippen LogP contribution >= 0.6 is 11.8 Å². The molecule has 2 N–H and O–H groups in total. The van der Waals surface area contributed by atoms with Crippen LogP contribution in [0.3, 0.4) is 0 Å². The number of alkyl halides is 3. The second-order valence-electron chi connectivity index (χ2n) is 7.26. The standard InChI is InChI=1S/C21H20F4N4OS/c22-15-6-4-14(5-7-15)18(21(23,24)25)28-17(19(30)29-20(13-26)8-9-20)12-31-11-16-3-1-2-10-27-16/h1-7,10,17-18,28H,8-9,11-12H2,(H,29,30). The van der Waals surface area contributed by atoms with Gasteiger partial charge in [-0.3, -0.25) is 15.1 Å². The number of thioether (sulfide) groups is 1. The Morgan fingerprint density at radius 2 is 1.94 bits per heavy atom. The molecular weight excluding hydrogens is 432 g/mol. The molecule has 0 saturated heterocycles. The molecule has 5 nitrogen and oxygen atoms in total. The molecule has 1 saturated carbocycles. The number of pyridine rings is 1. The van der Waals surface area contributed by atoms with Crippen LogP contribution in [-0.2, 0) is 10.5 Å². The van der Waals surface area contributed by atoms with E-state index in [4.69, 9.17) is 0 Å². The van der Waals surface area contributed by atoms with Gasteiger partial charge in [-0.2, -0.15) is 30.2 Å². The van der Waals surface area contributed by atoms with Crippen molar-refractivity contribution in [1.82, 2.24) is 15.6 Å². The maximum absolute atomic E-state index is 13.8. The van der Waals surface area contributed by atoms with E-state index in [1.807, 2.05) is 6.07 Å². The van der Waals surface area contributed by atoms with Gasteiger partial charge in [0.25, 0.3) is 0 Å². The molecular formula is C21H20F4N4OS. The van der Waals surface area contributed by atoms with E-state index < -0.39 is 35.5 Å². The highest BCUT2D eigenvalue weighted by Gasteiger charge is 2.47. The first kappa shape index (κ1) is 23.0. The van der Waals surface area contributed by atoms with Crippen LogP contribution in [0.4, 0.5) is 17.6 Å². The van der Waals surface area contributed by atoms with Gasteiger partial charge in [0.15, 0.2) is 0 Å². The first-order valence-electron chi connectivity index (χ1n) is 9.52. The van der Waals surface area contributed by atoms with Gasteiger partial charge >= 0.3 is 6.18 Å². The van der Waals surface area contributed by atoms with Gasteiger partial charge < -0.3 is 5.32 Å². The number of carbonyl (C=O) groups is 1. The van der Waals surface area contributed by atoms with Crippen LogP contribution in [0.15, 0.2) is 48.7 Å². The smallest absolute Gasteiger partial charge is 0.336 e. The topological polar surface area (TPSA) is 77.8 Å². The summed E-state index contributed by atoms with van der Waals surface area (Å²) in [6, 6.07) is 7.88. The molecule has 0 spiro atoms. The van der Waals surface area contributed by atoms with Crippen molar-refractivity contribution in [2.45, 2.75) is 42.4 Å². The van der Waals surface area contributed by atoms with Crippen LogP contribution < -0.4 is 10.6 Å². The zero-order valence-electron chi connectivity index (χ0n) is 16.3. The van der Waals surface area contributed by atoms with E-state index in [9.17, 15) is 27.6 Å². The van der Waals surface area contributed by atoms with E-state index in [1.165, 1.54) is 11.8 Å². The molecule has 0 aliphatic heterocycles. The van der Waals surface area contributed by atoms with E-state index in [-0.39, 0.29) is 11.3 Å². The highest BCUT2D eigenvalue weighted by Crippen LogP contribution is 2.36. The SMILES string of the molecule is N#CC1(NC(=O)C(CSCc2ccccn2)NC(c2ccc(F)cc2)C(F)(F)F)CC1. The number of benzene rings is 1. The van der Waals surface area contributed by atoms with E-state index in [0.717, 1.165) is 30.0 Å². The Labute approximate surface area is 181 Å². The van der Waals surface area contributed by atoms with Gasteiger partial charge in [0.05, 0.1) is 17.8 Å². The van der Waals surface area contributed by atoms with Crippen LogP contribution in [0.5, 0.6) is 0 Å². The van der Waals surface area contributed by atoms with Crippen LogP contribution in [-0.4, -0.2) is 34.4 Å². The molecule has 1 aliphatic carbocycles. The van der Waals surface area contributed by atoms with E-state index in [2.05, 4.69) is 15.6 Å². The summed E-state index contributed by atoms with van der Waals surface area (Å²) in [4.78, 5) is 16.9. The number of nitrogens with zero attached hydrogens (tertiary/aromatic N) is 2. The van der Waals surface area contributed by atoms with Crippen molar-refractivity contribution < 1.29 is 22.4 Å². The molecule has 1 fully saturated rings. The molecule has 3 rings (SSSR count). The Balaban J connectivity index is 1.76. The van der Waals surface area contributed by atoms with Crippen LogP contribution in [0.1, 0.15) is 30.1 Å². The fourth-order valence-electron chi connectivity index (χ4n) is 2.91. The second-order valence-corrected chi connectivity index (χ2v) is 8.30. The predicted octanol–water partition coefficient (Wildman–Crippen LogP) is 3.89. The Bertz CT molecular complexity index is 927. The van der Waals surface area contributed by atoms with Crippen molar-refractivity contribution in [3.63, 3.8) is 0 Å². The first-order valence-corrected chi connectivity index (χ1v) is 10.7. The largest absolute Gasteiger partial charge is 0.407 e. The summed E-state index contributed by atoms with van der Waals surface area (Å²) in [5.41, 5.74) is -0.484. The minimum atomic E-state index is -4.71. The lowest BCUT2D eigenvalue weighted by molar-refractivity contribution is -0.160. The van der Waals surface area contributed by atoms with Gasteiger partial charge in [0.2, 0.25) is 5.91 Å². The number of nitriles is 1. The molecule has 2 unspecified atom stereocenters. The van der Waals surface area contributed by atoms with Gasteiger partial charge in [-0.25, -0.2) is 4.39 Å². The fraction of sp³-hybridized carbons (Fsp3) is 0.381. The van der Waals surface area contributed by atoms with Crippen LogP contribution in [0, 0.1) is 17.1 Å². The van der Waals surface area contributed by atoms with Gasteiger partial charge in [-0.1, -0.05) is 18.2 Å². The lowest BCUT2D eigenvalue weighted by Gasteiger charge is -2.28. The molecule has 0 radical (unpaired) electrons. The zero-order chi connectivity index (χ0) is 22.5. The highest BCUT2D eigenvalue weighted by atomic mass is 32.2. The number of halogens is 4. The van der Waals surface area contributed by atoms with E-state index >= 15 is 0 Å². The summed E-state index contributed by atoms with van der Waals surface area (Å²) in [6.07, 6.45) is -2.18. The number of aromatic nitrogens is 1. The summed E-state index contributed by atoms with van der Waals surface area (Å²) in [7, 11) is 0. The first-order chi connectivity index (χ1) is 14.7. The lowest BCUT2D eigenvalue weighted by atomic mass is 10.0. The van der Waals surface area contributed by atoms with Crippen LogP contribution in [0.25, 0.3) is 0 Å². The van der Waals surface area contributed by atoms with Crippen molar-refractivity contribution in [3.05, 3.63) is 65.7 Å². The number of hydrogen-bond acceptors (Lipinski definition) is 5. The average molecular weight is 452 g/mol. The predicted molar refractivity (Wildman–Crippen MR) is 108 cm³/mol. The Hall–Kier alpha value is -2.64. The fourth-order valence-corrected chi connectivity index (χ4v) is 3.89. The third-order valence-corrected chi connectivity index (χ3v) is 5.87. The molecule has 31 heavy (non-hydrogen) atoms. The molecule has 0 bridgehead atoms. The summed E-state index contributed by atoms with van der Waals surface area (Å²) >= 11 is 1.25. The number of rotatable bonds is 9. The van der Waals surface area contributed by atoms with Crippen LogP contribution in [0.2, 0.25) is 0 Å². The molecule has 1 heterocycles. The quantitative estimate of drug-likeness (QED) is 0.565. The number of hydrogen-bond donors (Lipinski definition) is 2.